The first-order chi connectivity index (χ1) is 25.7. The molecule has 1 aliphatic heterocycles. The number of furan rings is 1. The fourth-order valence-electron chi connectivity index (χ4n) is 8.46. The standard InChI is InChI=1S/C48H38N3O/c1-51-47(37-20-11-19-35(28-37)36-26-25-31-13-5-6-17-34(31)27-36)49-46(33-15-3-2-4-16-33)50-48(51)38-29-42(40-23-12-18-32-14-7-8-21-39(32)40)45-41-22-9-10-24-43(41)52-44(45)30-38/h2-30,32,39,46-49H,1H3/q-1. The van der Waals surface area contributed by atoms with Gasteiger partial charge < -0.3 is 20.0 Å². The molecule has 1 fully saturated rings. The average molecular weight is 673 g/mol. The van der Waals surface area contributed by atoms with E-state index < -0.39 is 0 Å². The highest BCUT2D eigenvalue weighted by Crippen LogP contribution is 2.48. The van der Waals surface area contributed by atoms with E-state index in [1.54, 1.807) is 0 Å². The van der Waals surface area contributed by atoms with Gasteiger partial charge in [-0.25, -0.2) is 0 Å². The molecular weight excluding hydrogens is 635 g/mol. The number of hydrogen-bond acceptors (Lipinski definition) is 3. The molecule has 1 aromatic heterocycles. The zero-order valence-electron chi connectivity index (χ0n) is 28.9. The fraction of sp³-hybridized carbons (Fsp3) is 0.125. The van der Waals surface area contributed by atoms with Crippen molar-refractivity contribution in [2.24, 2.45) is 11.8 Å². The fourth-order valence-corrected chi connectivity index (χ4v) is 8.46. The lowest BCUT2D eigenvalue weighted by atomic mass is 9.76. The first kappa shape index (κ1) is 31.0. The maximum atomic E-state index is 6.65. The first-order valence-corrected chi connectivity index (χ1v) is 18.2. The van der Waals surface area contributed by atoms with E-state index in [-0.39, 0.29) is 24.4 Å². The van der Waals surface area contributed by atoms with Crippen LogP contribution < -0.4 is 5.32 Å². The van der Waals surface area contributed by atoms with E-state index >= 15 is 0 Å². The van der Waals surface area contributed by atoms with Crippen molar-refractivity contribution in [3.63, 3.8) is 0 Å². The Morgan fingerprint density at radius 1 is 0.615 bits per heavy atom. The molecule has 1 saturated heterocycles. The van der Waals surface area contributed by atoms with E-state index in [1.165, 1.54) is 44.0 Å². The zero-order valence-corrected chi connectivity index (χ0v) is 28.9. The normalized spacial score (nSPS) is 22.9. The third-order valence-corrected chi connectivity index (χ3v) is 11.1. The Balaban J connectivity index is 1.11. The van der Waals surface area contributed by atoms with Crippen LogP contribution in [0.5, 0.6) is 0 Å². The van der Waals surface area contributed by atoms with Gasteiger partial charge in [0.25, 0.3) is 0 Å². The summed E-state index contributed by atoms with van der Waals surface area (Å²) in [6.45, 7) is 0. The number of para-hydroxylation sites is 1. The molecule has 3 aliphatic rings. The van der Waals surface area contributed by atoms with E-state index in [4.69, 9.17) is 9.73 Å². The zero-order chi connectivity index (χ0) is 34.6. The van der Waals surface area contributed by atoms with E-state index in [0.717, 1.165) is 27.7 Å². The third-order valence-electron chi connectivity index (χ3n) is 11.1. The van der Waals surface area contributed by atoms with Gasteiger partial charge in [0.1, 0.15) is 11.2 Å². The molecule has 0 spiro atoms. The van der Waals surface area contributed by atoms with E-state index in [2.05, 4.69) is 193 Å². The molecular formula is C48H38N3O-. The summed E-state index contributed by atoms with van der Waals surface area (Å²) in [4.78, 5) is 2.37. The number of benzene rings is 6. The summed E-state index contributed by atoms with van der Waals surface area (Å²) in [6, 6.07) is 47.9. The molecule has 0 saturated carbocycles. The van der Waals surface area contributed by atoms with Gasteiger partial charge in [0.2, 0.25) is 0 Å². The number of nitrogens with zero attached hydrogens (tertiary/aromatic N) is 2. The Kier molecular flexibility index (Phi) is 7.61. The lowest BCUT2D eigenvalue weighted by Gasteiger charge is -2.55. The molecule has 0 amide bonds. The highest BCUT2D eigenvalue weighted by Gasteiger charge is 2.31. The summed E-state index contributed by atoms with van der Waals surface area (Å²) in [5.74, 6) is 0.585. The van der Waals surface area contributed by atoms with Crippen molar-refractivity contribution in [2.45, 2.75) is 18.5 Å². The minimum absolute atomic E-state index is 0.101. The maximum absolute atomic E-state index is 6.65. The van der Waals surface area contributed by atoms with E-state index in [1.807, 2.05) is 0 Å². The molecule has 1 N–H and O–H groups in total. The van der Waals surface area contributed by atoms with Gasteiger partial charge in [-0.05, 0) is 75.5 Å². The van der Waals surface area contributed by atoms with Crippen LogP contribution in [0.3, 0.4) is 0 Å². The SMILES string of the molecule is CN1C(c2cc(C3=CC=CC4C=CC=CC34)c3c(c2)oc2ccccc23)[N-]C(c2ccccc2)NC1c1cccc(-c2ccc3ccccc3c2)c1. The molecule has 52 heavy (non-hydrogen) atoms. The van der Waals surface area contributed by atoms with Gasteiger partial charge in [0.15, 0.2) is 0 Å². The molecule has 0 radical (unpaired) electrons. The molecule has 10 rings (SSSR count). The van der Waals surface area contributed by atoms with Gasteiger partial charge in [-0.3, -0.25) is 0 Å². The third kappa shape index (κ3) is 5.35. The van der Waals surface area contributed by atoms with Gasteiger partial charge in [-0.1, -0.05) is 170 Å². The van der Waals surface area contributed by atoms with Gasteiger partial charge >= 0.3 is 0 Å². The van der Waals surface area contributed by atoms with Crippen LogP contribution in [-0.4, -0.2) is 11.9 Å². The summed E-state index contributed by atoms with van der Waals surface area (Å²) < 4.78 is 6.65. The summed E-state index contributed by atoms with van der Waals surface area (Å²) >= 11 is 0. The van der Waals surface area contributed by atoms with Crippen molar-refractivity contribution in [3.8, 4) is 11.1 Å². The monoisotopic (exact) mass is 672 g/mol. The Hall–Kier alpha value is -5.78. The van der Waals surface area contributed by atoms with Crippen LogP contribution >= 0.6 is 0 Å². The smallest absolute Gasteiger partial charge is 0.136 e. The Morgan fingerprint density at radius 2 is 1.38 bits per heavy atom. The second-order valence-corrected chi connectivity index (χ2v) is 14.2. The number of rotatable bonds is 5. The van der Waals surface area contributed by atoms with Crippen molar-refractivity contribution in [1.29, 1.82) is 0 Å². The molecule has 2 heterocycles. The lowest BCUT2D eigenvalue weighted by Crippen LogP contribution is -2.45. The van der Waals surface area contributed by atoms with Gasteiger partial charge in [0.05, 0.1) is 6.17 Å². The summed E-state index contributed by atoms with van der Waals surface area (Å²) in [7, 11) is 2.19. The van der Waals surface area contributed by atoms with Crippen molar-refractivity contribution in [2.75, 3.05) is 7.05 Å². The van der Waals surface area contributed by atoms with Gasteiger partial charge in [0, 0.05) is 22.6 Å². The second kappa shape index (κ2) is 12.8. The van der Waals surface area contributed by atoms with Crippen LogP contribution in [0.2, 0.25) is 0 Å². The summed E-state index contributed by atoms with van der Waals surface area (Å²) in [5, 5.41) is 14.3. The quantitative estimate of drug-likeness (QED) is 0.198. The summed E-state index contributed by atoms with van der Waals surface area (Å²) in [6.07, 6.45) is 15.2. The van der Waals surface area contributed by atoms with Crippen LogP contribution in [0.15, 0.2) is 180 Å². The Labute approximate surface area is 304 Å². The van der Waals surface area contributed by atoms with Crippen LogP contribution in [-0.2, 0) is 0 Å². The van der Waals surface area contributed by atoms with Crippen molar-refractivity contribution in [1.82, 2.24) is 10.2 Å². The molecule has 4 heteroatoms. The lowest BCUT2D eigenvalue weighted by molar-refractivity contribution is 0.115. The Morgan fingerprint density at radius 3 is 2.31 bits per heavy atom. The molecule has 0 bridgehead atoms. The van der Waals surface area contributed by atoms with Crippen LogP contribution in [0.25, 0.3) is 54.7 Å². The topological polar surface area (TPSA) is 42.5 Å². The molecule has 4 nitrogen and oxygen atoms in total. The van der Waals surface area contributed by atoms with Crippen LogP contribution in [0, 0.1) is 11.8 Å². The molecule has 2 aliphatic carbocycles. The number of fused-ring (bicyclic) bond motifs is 5. The average Bonchev–Trinajstić information content (AvgIpc) is 3.59. The first-order valence-electron chi connectivity index (χ1n) is 18.2. The highest BCUT2D eigenvalue weighted by atomic mass is 16.3. The molecule has 252 valence electrons. The second-order valence-electron chi connectivity index (χ2n) is 14.2. The largest absolute Gasteiger partial charge is 0.624 e. The van der Waals surface area contributed by atoms with Crippen LogP contribution in [0.4, 0.5) is 0 Å². The Bertz CT molecular complexity index is 2590. The van der Waals surface area contributed by atoms with Crippen molar-refractivity contribution < 1.29 is 4.42 Å². The number of nitrogens with one attached hydrogen (secondary N) is 1. The van der Waals surface area contributed by atoms with Gasteiger partial charge in [-0.2, -0.15) is 0 Å². The maximum Gasteiger partial charge on any atom is 0.136 e. The van der Waals surface area contributed by atoms with E-state index in [9.17, 15) is 0 Å². The molecule has 5 unspecified atom stereocenters. The van der Waals surface area contributed by atoms with Crippen molar-refractivity contribution >= 4 is 38.3 Å². The minimum atomic E-state index is -0.241. The van der Waals surface area contributed by atoms with Gasteiger partial charge in [-0.15, -0.1) is 0 Å². The minimum Gasteiger partial charge on any atom is -0.624 e. The predicted molar refractivity (Wildman–Crippen MR) is 214 cm³/mol. The molecule has 7 aromatic rings. The van der Waals surface area contributed by atoms with Crippen LogP contribution in [0.1, 0.15) is 40.8 Å². The predicted octanol–water partition coefficient (Wildman–Crippen LogP) is 12.0. The van der Waals surface area contributed by atoms with E-state index in [0.29, 0.717) is 5.92 Å². The molecule has 6 aromatic carbocycles. The number of hydrogen-bond donors (Lipinski definition) is 1. The summed E-state index contributed by atoms with van der Waals surface area (Å²) in [5.41, 5.74) is 10.2. The highest BCUT2D eigenvalue weighted by molar-refractivity contribution is 6.11. The van der Waals surface area contributed by atoms with Crippen molar-refractivity contribution in [3.05, 3.63) is 204 Å². The number of allylic oxidation sites excluding steroid dienone is 8. The molecule has 5 atom stereocenters.